The number of sulfone groups is 1. The van der Waals surface area contributed by atoms with Gasteiger partial charge in [-0.2, -0.15) is 0 Å². The number of ether oxygens (including phenoxy) is 1. The lowest BCUT2D eigenvalue weighted by atomic mass is 9.94. The van der Waals surface area contributed by atoms with Crippen LogP contribution in [0.4, 0.5) is 0 Å². The second kappa shape index (κ2) is 10.1. The number of carbonyl (C=O) groups excluding carboxylic acids is 2. The summed E-state index contributed by atoms with van der Waals surface area (Å²) in [4.78, 5) is 33.4. The van der Waals surface area contributed by atoms with E-state index in [2.05, 4.69) is 5.48 Å². The maximum absolute atomic E-state index is 13.7. The lowest BCUT2D eigenvalue weighted by Gasteiger charge is -2.36. The van der Waals surface area contributed by atoms with Crippen LogP contribution in [0.3, 0.4) is 0 Å². The summed E-state index contributed by atoms with van der Waals surface area (Å²) >= 11 is 0. The fourth-order valence-electron chi connectivity index (χ4n) is 4.43. The molecule has 10 nitrogen and oxygen atoms in total. The van der Waals surface area contributed by atoms with Gasteiger partial charge >= 0.3 is 5.97 Å². The second-order valence-electron chi connectivity index (χ2n) is 8.75. The van der Waals surface area contributed by atoms with Crippen molar-refractivity contribution in [2.75, 3.05) is 20.2 Å². The van der Waals surface area contributed by atoms with Crippen molar-refractivity contribution in [3.05, 3.63) is 71.8 Å². The van der Waals surface area contributed by atoms with Gasteiger partial charge in [0.1, 0.15) is 5.84 Å². The van der Waals surface area contributed by atoms with Gasteiger partial charge < -0.3 is 15.4 Å². The van der Waals surface area contributed by atoms with Gasteiger partial charge in [-0.05, 0) is 37.1 Å². The molecule has 1 fully saturated rings. The van der Waals surface area contributed by atoms with Crippen molar-refractivity contribution in [3.63, 3.8) is 0 Å². The number of rotatable bonds is 7. The number of hydrogen-bond donors (Lipinski definition) is 3. The molecule has 1 amide bonds. The number of likely N-dealkylation sites (tertiary alicyclic amines) is 1. The average molecular weight is 513 g/mol. The minimum absolute atomic E-state index is 0.110. The molecule has 0 aliphatic carbocycles. The van der Waals surface area contributed by atoms with Crippen molar-refractivity contribution in [3.8, 4) is 0 Å². The number of piperidine rings is 1. The van der Waals surface area contributed by atoms with Crippen LogP contribution in [0.25, 0.3) is 5.70 Å². The number of benzene rings is 2. The molecule has 2 aromatic carbocycles. The Balaban J connectivity index is 1.56. The van der Waals surface area contributed by atoms with Crippen LogP contribution in [0.2, 0.25) is 0 Å². The van der Waals surface area contributed by atoms with E-state index in [1.165, 1.54) is 18.1 Å². The second-order valence-corrected chi connectivity index (χ2v) is 11.0. The predicted molar refractivity (Wildman–Crippen MR) is 132 cm³/mol. The number of methoxy groups -OCH3 is 1. The SMILES string of the molecule is COC(=O)CC1(C(=O)N2CCC(S(=O)(=O)c3ccccc3)CC2)C=C(c2cccc(C(=N)N)c2)NO1. The Morgan fingerprint density at radius 2 is 1.86 bits per heavy atom. The lowest BCUT2D eigenvalue weighted by molar-refractivity contribution is -0.165. The molecular weight excluding hydrogens is 484 g/mol. The molecule has 36 heavy (non-hydrogen) atoms. The number of hydroxylamine groups is 1. The minimum atomic E-state index is -3.52. The summed E-state index contributed by atoms with van der Waals surface area (Å²) in [6, 6.07) is 15.1. The molecule has 11 heteroatoms. The molecule has 190 valence electrons. The van der Waals surface area contributed by atoms with Gasteiger partial charge in [-0.1, -0.05) is 36.4 Å². The molecule has 1 atom stereocenters. The van der Waals surface area contributed by atoms with Crippen LogP contribution in [0, 0.1) is 5.41 Å². The highest BCUT2D eigenvalue weighted by molar-refractivity contribution is 7.92. The molecule has 0 bridgehead atoms. The Hall–Kier alpha value is -3.70. The van der Waals surface area contributed by atoms with Crippen molar-refractivity contribution < 1.29 is 27.6 Å². The Kier molecular flexibility index (Phi) is 7.14. The van der Waals surface area contributed by atoms with Gasteiger partial charge in [-0.3, -0.25) is 25.3 Å². The highest BCUT2D eigenvalue weighted by atomic mass is 32.2. The summed E-state index contributed by atoms with van der Waals surface area (Å²) in [6.45, 7) is 0.398. The van der Waals surface area contributed by atoms with E-state index < -0.39 is 32.6 Å². The number of esters is 1. The Labute approximate surface area is 209 Å². The van der Waals surface area contributed by atoms with Crippen LogP contribution in [0.15, 0.2) is 65.6 Å². The van der Waals surface area contributed by atoms with Crippen molar-refractivity contribution in [2.45, 2.75) is 35.0 Å². The quantitative estimate of drug-likeness (QED) is 0.287. The first-order valence-corrected chi connectivity index (χ1v) is 13.0. The van der Waals surface area contributed by atoms with Crippen molar-refractivity contribution >= 4 is 33.2 Å². The lowest BCUT2D eigenvalue weighted by Crippen LogP contribution is -2.53. The number of nitrogens with zero attached hydrogens (tertiary/aromatic N) is 1. The first kappa shape index (κ1) is 25.4. The normalized spacial score (nSPS) is 20.4. The third kappa shape index (κ3) is 4.98. The zero-order valence-corrected chi connectivity index (χ0v) is 20.6. The molecule has 0 aromatic heterocycles. The van der Waals surface area contributed by atoms with E-state index in [-0.39, 0.29) is 43.1 Å². The zero-order valence-electron chi connectivity index (χ0n) is 19.8. The number of nitrogens with two attached hydrogens (primary N) is 1. The van der Waals surface area contributed by atoms with Gasteiger partial charge in [0.2, 0.25) is 5.60 Å². The molecule has 0 spiro atoms. The van der Waals surface area contributed by atoms with Gasteiger partial charge in [-0.15, -0.1) is 0 Å². The third-order valence-corrected chi connectivity index (χ3v) is 8.72. The van der Waals surface area contributed by atoms with Gasteiger partial charge in [0.15, 0.2) is 9.84 Å². The van der Waals surface area contributed by atoms with Gasteiger partial charge in [0, 0.05) is 24.2 Å². The van der Waals surface area contributed by atoms with E-state index in [0.717, 1.165) is 0 Å². The fraction of sp³-hybridized carbons (Fsp3) is 0.320. The third-order valence-electron chi connectivity index (χ3n) is 6.44. The summed E-state index contributed by atoms with van der Waals surface area (Å²) in [7, 11) is -2.29. The van der Waals surface area contributed by atoms with E-state index >= 15 is 0 Å². The Morgan fingerprint density at radius 3 is 2.50 bits per heavy atom. The number of nitrogen functional groups attached to an aromatic ring is 1. The molecule has 1 unspecified atom stereocenters. The molecule has 0 saturated carbocycles. The van der Waals surface area contributed by atoms with Crippen molar-refractivity contribution in [1.82, 2.24) is 10.4 Å². The summed E-state index contributed by atoms with van der Waals surface area (Å²) in [5.74, 6) is -1.21. The van der Waals surface area contributed by atoms with Crippen LogP contribution >= 0.6 is 0 Å². The largest absolute Gasteiger partial charge is 0.469 e. The Morgan fingerprint density at radius 1 is 1.17 bits per heavy atom. The minimum Gasteiger partial charge on any atom is -0.469 e. The van der Waals surface area contributed by atoms with E-state index in [1.54, 1.807) is 54.6 Å². The molecule has 4 N–H and O–H groups in total. The highest BCUT2D eigenvalue weighted by Crippen LogP contribution is 2.33. The number of amides is 1. The molecule has 0 radical (unpaired) electrons. The molecular formula is C25H28N4O6S. The number of amidine groups is 1. The Bertz CT molecular complexity index is 1300. The molecule has 2 heterocycles. The van der Waals surface area contributed by atoms with E-state index in [9.17, 15) is 18.0 Å². The van der Waals surface area contributed by atoms with Crippen LogP contribution in [0.1, 0.15) is 30.4 Å². The maximum atomic E-state index is 13.7. The number of nitrogens with one attached hydrogen (secondary N) is 2. The van der Waals surface area contributed by atoms with Gasteiger partial charge in [-0.25, -0.2) is 8.42 Å². The van der Waals surface area contributed by atoms with Gasteiger partial charge in [0.25, 0.3) is 5.91 Å². The van der Waals surface area contributed by atoms with Crippen LogP contribution in [-0.4, -0.2) is 62.1 Å². The summed E-state index contributed by atoms with van der Waals surface area (Å²) in [5.41, 5.74) is 8.21. The first-order valence-electron chi connectivity index (χ1n) is 11.4. The van der Waals surface area contributed by atoms with Crippen LogP contribution < -0.4 is 11.2 Å². The number of carbonyl (C=O) groups is 2. The van der Waals surface area contributed by atoms with Crippen LogP contribution in [-0.2, 0) is 29.0 Å². The predicted octanol–water partition coefficient (Wildman–Crippen LogP) is 1.61. The molecule has 2 aromatic rings. The zero-order chi connectivity index (χ0) is 25.9. The van der Waals surface area contributed by atoms with Crippen molar-refractivity contribution in [1.29, 1.82) is 5.41 Å². The summed E-state index contributed by atoms with van der Waals surface area (Å²) < 4.78 is 30.8. The standard InChI is InChI=1S/C25H28N4O6S/c1-34-22(30)16-25(15-21(28-35-25)17-6-5-7-18(14-17)23(26)27)24(31)29-12-10-20(11-13-29)36(32,33)19-8-3-2-4-9-19/h2-9,14-15,20,28H,10-13,16H2,1H3,(H3,26,27). The smallest absolute Gasteiger partial charge is 0.309 e. The fourth-order valence-corrected chi connectivity index (χ4v) is 6.18. The summed E-state index contributed by atoms with van der Waals surface area (Å²) in [5, 5.41) is 7.05. The van der Waals surface area contributed by atoms with E-state index in [1.807, 2.05) is 0 Å². The van der Waals surface area contributed by atoms with Crippen molar-refractivity contribution in [2.24, 2.45) is 5.73 Å². The summed E-state index contributed by atoms with van der Waals surface area (Å²) in [6.07, 6.45) is 1.69. The van der Waals surface area contributed by atoms with Crippen LogP contribution in [0.5, 0.6) is 0 Å². The first-order chi connectivity index (χ1) is 17.2. The number of hydrogen-bond acceptors (Lipinski definition) is 8. The van der Waals surface area contributed by atoms with E-state index in [0.29, 0.717) is 16.8 Å². The highest BCUT2D eigenvalue weighted by Gasteiger charge is 2.48. The average Bonchev–Trinajstić information content (AvgIpc) is 3.34. The molecule has 4 rings (SSSR count). The topological polar surface area (TPSA) is 152 Å². The maximum Gasteiger partial charge on any atom is 0.309 e. The van der Waals surface area contributed by atoms with E-state index in [4.69, 9.17) is 20.7 Å². The molecule has 1 saturated heterocycles. The monoisotopic (exact) mass is 512 g/mol. The molecule has 2 aliphatic heterocycles. The van der Waals surface area contributed by atoms with Gasteiger partial charge in [0.05, 0.1) is 29.4 Å². The molecule has 2 aliphatic rings.